The van der Waals surface area contributed by atoms with E-state index in [0.717, 1.165) is 0 Å². The van der Waals surface area contributed by atoms with Crippen LogP contribution in [0.15, 0.2) is 12.1 Å². The van der Waals surface area contributed by atoms with E-state index < -0.39 is 0 Å². The predicted octanol–water partition coefficient (Wildman–Crippen LogP) is 2.15. The Kier molecular flexibility index (Phi) is 3.89. The number of thioether (sulfide) groups is 1. The van der Waals surface area contributed by atoms with Gasteiger partial charge in [-0.1, -0.05) is 18.0 Å². The number of rotatable bonds is 4. The van der Waals surface area contributed by atoms with E-state index in [1.807, 2.05) is 11.8 Å². The smallest absolute Gasteiger partial charge is 0.271 e. The average molecular weight is 272 g/mol. The van der Waals surface area contributed by atoms with Crippen LogP contribution in [0.2, 0.25) is 5.15 Å². The molecule has 0 saturated heterocycles. The van der Waals surface area contributed by atoms with Crippen LogP contribution in [0.5, 0.6) is 0 Å². The molecule has 0 spiro atoms. The van der Waals surface area contributed by atoms with Gasteiger partial charge in [-0.2, -0.15) is 11.8 Å². The second-order valence-electron chi connectivity index (χ2n) is 4.16. The van der Waals surface area contributed by atoms with Crippen LogP contribution in [-0.4, -0.2) is 33.7 Å². The van der Waals surface area contributed by atoms with E-state index in [9.17, 15) is 4.79 Å². The summed E-state index contributed by atoms with van der Waals surface area (Å²) < 4.78 is 0.232. The van der Waals surface area contributed by atoms with Crippen LogP contribution in [0, 0.1) is 0 Å². The van der Waals surface area contributed by atoms with Crippen molar-refractivity contribution in [3.8, 4) is 0 Å². The van der Waals surface area contributed by atoms with E-state index in [1.165, 1.54) is 19.3 Å². The molecule has 17 heavy (non-hydrogen) atoms. The first-order valence-corrected chi connectivity index (χ1v) is 7.08. The largest absolute Gasteiger partial charge is 0.349 e. The van der Waals surface area contributed by atoms with E-state index in [1.54, 1.807) is 12.1 Å². The van der Waals surface area contributed by atoms with Crippen molar-refractivity contribution < 1.29 is 4.79 Å². The molecule has 1 amide bonds. The summed E-state index contributed by atoms with van der Waals surface area (Å²) in [6.07, 6.45) is 5.67. The van der Waals surface area contributed by atoms with E-state index in [-0.39, 0.29) is 10.7 Å². The lowest BCUT2D eigenvalue weighted by Crippen LogP contribution is -2.45. The van der Waals surface area contributed by atoms with Crippen LogP contribution in [0.4, 0.5) is 0 Å². The quantitative estimate of drug-likeness (QED) is 0.912. The Morgan fingerprint density at radius 2 is 2.29 bits per heavy atom. The van der Waals surface area contributed by atoms with E-state index in [0.29, 0.717) is 17.4 Å². The Balaban J connectivity index is 1.91. The number of nitrogens with one attached hydrogen (secondary N) is 1. The van der Waals surface area contributed by atoms with Gasteiger partial charge in [0.1, 0.15) is 0 Å². The summed E-state index contributed by atoms with van der Waals surface area (Å²) in [5.74, 6) is -0.186. The molecule has 0 aromatic carbocycles. The van der Waals surface area contributed by atoms with Crippen LogP contribution >= 0.6 is 23.4 Å². The summed E-state index contributed by atoms with van der Waals surface area (Å²) in [7, 11) is 0. The van der Waals surface area contributed by atoms with Gasteiger partial charge in [0.15, 0.2) is 10.8 Å². The van der Waals surface area contributed by atoms with Gasteiger partial charge < -0.3 is 5.32 Å². The van der Waals surface area contributed by atoms with E-state index >= 15 is 0 Å². The summed E-state index contributed by atoms with van der Waals surface area (Å²) in [5.41, 5.74) is 0.310. The van der Waals surface area contributed by atoms with Crippen molar-refractivity contribution >= 4 is 29.3 Å². The minimum absolute atomic E-state index is 0.186. The van der Waals surface area contributed by atoms with Gasteiger partial charge in [-0.25, -0.2) is 0 Å². The van der Waals surface area contributed by atoms with Gasteiger partial charge in [0.2, 0.25) is 0 Å². The lowest BCUT2D eigenvalue weighted by Gasteiger charge is -2.40. The van der Waals surface area contributed by atoms with Crippen molar-refractivity contribution in [3.63, 3.8) is 0 Å². The van der Waals surface area contributed by atoms with Gasteiger partial charge in [-0.3, -0.25) is 4.79 Å². The molecule has 1 heterocycles. The van der Waals surface area contributed by atoms with Gasteiger partial charge in [-0.15, -0.1) is 10.2 Å². The molecule has 92 valence electrons. The van der Waals surface area contributed by atoms with Crippen LogP contribution in [0.1, 0.15) is 29.8 Å². The van der Waals surface area contributed by atoms with Crippen molar-refractivity contribution in [2.24, 2.45) is 0 Å². The Labute approximate surface area is 110 Å². The molecule has 1 aliphatic carbocycles. The highest BCUT2D eigenvalue weighted by Crippen LogP contribution is 2.42. The molecular formula is C11H14ClN3OS. The molecule has 2 rings (SSSR count). The van der Waals surface area contributed by atoms with Crippen LogP contribution < -0.4 is 5.32 Å². The first kappa shape index (κ1) is 12.6. The predicted molar refractivity (Wildman–Crippen MR) is 69.5 cm³/mol. The first-order valence-electron chi connectivity index (χ1n) is 5.48. The van der Waals surface area contributed by atoms with Crippen molar-refractivity contribution in [3.05, 3.63) is 23.0 Å². The number of aromatic nitrogens is 2. The van der Waals surface area contributed by atoms with Crippen LogP contribution in [0.25, 0.3) is 0 Å². The van der Waals surface area contributed by atoms with Crippen LogP contribution in [-0.2, 0) is 0 Å². The number of hydrogen-bond donors (Lipinski definition) is 1. The summed E-state index contributed by atoms with van der Waals surface area (Å²) >= 11 is 7.44. The molecule has 1 saturated carbocycles. The second kappa shape index (κ2) is 5.23. The number of carbonyl (C=O) groups excluding carboxylic acids is 1. The first-order chi connectivity index (χ1) is 8.15. The fourth-order valence-corrected chi connectivity index (χ4v) is 2.81. The summed E-state index contributed by atoms with van der Waals surface area (Å²) in [5, 5.41) is 10.6. The monoisotopic (exact) mass is 271 g/mol. The Morgan fingerprint density at radius 1 is 1.53 bits per heavy atom. The zero-order valence-electron chi connectivity index (χ0n) is 9.57. The Morgan fingerprint density at radius 3 is 2.76 bits per heavy atom. The highest BCUT2D eigenvalue weighted by molar-refractivity contribution is 8.00. The van der Waals surface area contributed by atoms with Crippen molar-refractivity contribution in [2.75, 3.05) is 12.8 Å². The van der Waals surface area contributed by atoms with Crippen LogP contribution in [0.3, 0.4) is 0 Å². The van der Waals surface area contributed by atoms with Crippen molar-refractivity contribution in [1.29, 1.82) is 0 Å². The Bertz CT molecular complexity index is 400. The van der Waals surface area contributed by atoms with Gasteiger partial charge in [0, 0.05) is 11.3 Å². The molecule has 1 aliphatic rings. The maximum Gasteiger partial charge on any atom is 0.271 e. The lowest BCUT2D eigenvalue weighted by atomic mass is 9.84. The lowest BCUT2D eigenvalue weighted by molar-refractivity contribution is 0.0938. The molecule has 1 fully saturated rings. The zero-order chi connectivity index (χ0) is 12.3. The van der Waals surface area contributed by atoms with Gasteiger partial charge >= 0.3 is 0 Å². The number of halogens is 1. The highest BCUT2D eigenvalue weighted by Gasteiger charge is 2.36. The van der Waals surface area contributed by atoms with E-state index in [2.05, 4.69) is 21.8 Å². The maximum absolute atomic E-state index is 11.8. The van der Waals surface area contributed by atoms with Crippen molar-refractivity contribution in [2.45, 2.75) is 24.0 Å². The third kappa shape index (κ3) is 2.90. The molecule has 0 aliphatic heterocycles. The second-order valence-corrected chi connectivity index (χ2v) is 5.83. The molecule has 0 unspecified atom stereocenters. The number of hydrogen-bond acceptors (Lipinski definition) is 4. The van der Waals surface area contributed by atoms with E-state index in [4.69, 9.17) is 11.6 Å². The third-order valence-corrected chi connectivity index (χ3v) is 4.75. The average Bonchev–Trinajstić information content (AvgIpc) is 2.29. The Hall–Kier alpha value is -0.810. The topological polar surface area (TPSA) is 54.9 Å². The highest BCUT2D eigenvalue weighted by atomic mass is 35.5. The molecule has 0 bridgehead atoms. The third-order valence-electron chi connectivity index (χ3n) is 3.13. The van der Waals surface area contributed by atoms with Gasteiger partial charge in [0.25, 0.3) is 5.91 Å². The summed E-state index contributed by atoms with van der Waals surface area (Å²) in [6, 6.07) is 3.15. The number of nitrogens with zero attached hydrogens (tertiary/aromatic N) is 2. The minimum atomic E-state index is -0.186. The van der Waals surface area contributed by atoms with Crippen molar-refractivity contribution in [1.82, 2.24) is 15.5 Å². The number of amides is 1. The fraction of sp³-hybridized carbons (Fsp3) is 0.545. The standard InChI is InChI=1S/C11H14ClN3OS/c1-17-11(5-2-6-11)7-13-10(16)8-3-4-9(12)15-14-8/h3-4H,2,5-7H2,1H3,(H,13,16). The molecule has 4 nitrogen and oxygen atoms in total. The molecule has 0 atom stereocenters. The van der Waals surface area contributed by atoms with Gasteiger partial charge in [-0.05, 0) is 31.2 Å². The minimum Gasteiger partial charge on any atom is -0.349 e. The SMILES string of the molecule is CSC1(CNC(=O)c2ccc(Cl)nn2)CCC1. The maximum atomic E-state index is 11.8. The zero-order valence-corrected chi connectivity index (χ0v) is 11.1. The molecule has 6 heteroatoms. The number of carbonyl (C=O) groups is 1. The normalized spacial score (nSPS) is 17.3. The molecule has 1 aromatic rings. The summed E-state index contributed by atoms with van der Waals surface area (Å²) in [6.45, 7) is 0.692. The molecular weight excluding hydrogens is 258 g/mol. The molecule has 1 aromatic heterocycles. The summed E-state index contributed by atoms with van der Waals surface area (Å²) in [4.78, 5) is 11.8. The molecule has 0 radical (unpaired) electrons. The molecule has 1 N–H and O–H groups in total. The van der Waals surface area contributed by atoms with Gasteiger partial charge in [0.05, 0.1) is 0 Å². The fourth-order valence-electron chi connectivity index (χ4n) is 1.79.